The van der Waals surface area contributed by atoms with Crippen molar-refractivity contribution in [3.05, 3.63) is 48.5 Å². The minimum absolute atomic E-state index is 0.154. The van der Waals surface area contributed by atoms with Gasteiger partial charge in [0.1, 0.15) is 11.3 Å². The second-order valence-electron chi connectivity index (χ2n) is 6.49. The van der Waals surface area contributed by atoms with Gasteiger partial charge in [-0.05, 0) is 37.1 Å². The predicted molar refractivity (Wildman–Crippen MR) is 104 cm³/mol. The number of para-hydroxylation sites is 4. The monoisotopic (exact) mass is 366 g/mol. The second kappa shape index (κ2) is 7.57. The van der Waals surface area contributed by atoms with Crippen molar-refractivity contribution in [2.24, 2.45) is 0 Å². The molecule has 1 saturated heterocycles. The highest BCUT2D eigenvalue weighted by Crippen LogP contribution is 2.28. The molecule has 1 aromatic heterocycles. The molecule has 1 fully saturated rings. The summed E-state index contributed by atoms with van der Waals surface area (Å²) in [5, 5.41) is 5.77. The number of amides is 2. The Kier molecular flexibility index (Phi) is 4.82. The van der Waals surface area contributed by atoms with E-state index in [4.69, 9.17) is 9.15 Å². The first-order valence-electron chi connectivity index (χ1n) is 9.04. The van der Waals surface area contributed by atoms with Gasteiger partial charge >= 0.3 is 6.03 Å². The van der Waals surface area contributed by atoms with E-state index in [0.29, 0.717) is 24.0 Å². The van der Waals surface area contributed by atoms with Gasteiger partial charge in [-0.25, -0.2) is 4.79 Å². The van der Waals surface area contributed by atoms with E-state index in [1.165, 1.54) is 0 Å². The van der Waals surface area contributed by atoms with Gasteiger partial charge < -0.3 is 24.7 Å². The number of benzene rings is 2. The number of ether oxygens (including phenoxy) is 1. The van der Waals surface area contributed by atoms with Crippen molar-refractivity contribution in [3.8, 4) is 5.75 Å². The van der Waals surface area contributed by atoms with Crippen molar-refractivity contribution in [2.45, 2.75) is 18.9 Å². The fourth-order valence-electron chi connectivity index (χ4n) is 3.41. The summed E-state index contributed by atoms with van der Waals surface area (Å²) in [4.78, 5) is 19.0. The molecule has 2 aromatic carbocycles. The van der Waals surface area contributed by atoms with E-state index in [9.17, 15) is 4.79 Å². The van der Waals surface area contributed by atoms with Crippen molar-refractivity contribution >= 4 is 28.8 Å². The van der Waals surface area contributed by atoms with Crippen LogP contribution in [0.1, 0.15) is 12.8 Å². The van der Waals surface area contributed by atoms with Crippen molar-refractivity contribution in [1.82, 2.24) is 10.3 Å². The Bertz CT molecular complexity index is 907. The topological polar surface area (TPSA) is 79.6 Å². The Hall–Kier alpha value is -3.22. The normalized spacial score (nSPS) is 16.5. The summed E-state index contributed by atoms with van der Waals surface area (Å²) >= 11 is 0. The van der Waals surface area contributed by atoms with Gasteiger partial charge in [0.05, 0.1) is 18.8 Å². The van der Waals surface area contributed by atoms with Gasteiger partial charge in [0.25, 0.3) is 6.01 Å². The molecule has 3 aromatic rings. The van der Waals surface area contributed by atoms with Gasteiger partial charge in [-0.2, -0.15) is 4.98 Å². The van der Waals surface area contributed by atoms with E-state index < -0.39 is 0 Å². The van der Waals surface area contributed by atoms with E-state index in [1.54, 1.807) is 13.2 Å². The van der Waals surface area contributed by atoms with E-state index in [-0.39, 0.29) is 12.1 Å². The molecule has 27 heavy (non-hydrogen) atoms. The Morgan fingerprint density at radius 1 is 1.26 bits per heavy atom. The molecule has 0 aliphatic carbocycles. The number of nitrogens with one attached hydrogen (secondary N) is 2. The van der Waals surface area contributed by atoms with Gasteiger partial charge in [-0.1, -0.05) is 24.3 Å². The van der Waals surface area contributed by atoms with E-state index in [0.717, 1.165) is 30.5 Å². The van der Waals surface area contributed by atoms with Crippen molar-refractivity contribution in [2.75, 3.05) is 30.4 Å². The number of hydrogen-bond donors (Lipinski definition) is 2. The molecule has 0 spiro atoms. The number of hydrogen-bond acceptors (Lipinski definition) is 5. The molecule has 1 aliphatic rings. The van der Waals surface area contributed by atoms with Crippen LogP contribution >= 0.6 is 0 Å². The SMILES string of the molecule is COc1ccccc1NC(=O)NCC1CCCN1c1nc2ccccc2o1. The van der Waals surface area contributed by atoms with E-state index >= 15 is 0 Å². The highest BCUT2D eigenvalue weighted by atomic mass is 16.5. The number of oxazole rings is 1. The standard InChI is InChI=1S/C20H22N4O3/c1-26-17-10-4-2-8-15(17)22-19(25)21-13-14-7-6-12-24(14)20-23-16-9-3-5-11-18(16)27-20/h2-5,8-11,14H,6-7,12-13H2,1H3,(H2,21,22,25). The molecule has 4 rings (SSSR count). The minimum Gasteiger partial charge on any atom is -0.495 e. The molecule has 0 radical (unpaired) electrons. The maximum Gasteiger partial charge on any atom is 0.319 e. The molecule has 2 N–H and O–H groups in total. The summed E-state index contributed by atoms with van der Waals surface area (Å²) in [7, 11) is 1.58. The Morgan fingerprint density at radius 2 is 2.07 bits per heavy atom. The average Bonchev–Trinajstić information content (AvgIpc) is 3.33. The molecule has 0 bridgehead atoms. The number of aromatic nitrogens is 1. The smallest absolute Gasteiger partial charge is 0.319 e. The van der Waals surface area contributed by atoms with Crippen molar-refractivity contribution in [3.63, 3.8) is 0 Å². The van der Waals surface area contributed by atoms with Crippen LogP contribution in [0.2, 0.25) is 0 Å². The van der Waals surface area contributed by atoms with Crippen LogP contribution in [0.5, 0.6) is 5.75 Å². The number of carbonyl (C=O) groups is 1. The first kappa shape index (κ1) is 17.2. The molecule has 0 saturated carbocycles. The molecule has 7 heteroatoms. The molecule has 2 amide bonds. The van der Waals surface area contributed by atoms with Crippen molar-refractivity contribution in [1.29, 1.82) is 0 Å². The predicted octanol–water partition coefficient (Wildman–Crippen LogP) is 3.63. The molecule has 1 unspecified atom stereocenters. The number of nitrogens with zero attached hydrogens (tertiary/aromatic N) is 2. The summed E-state index contributed by atoms with van der Waals surface area (Å²) in [5.41, 5.74) is 2.26. The minimum atomic E-state index is -0.260. The average molecular weight is 366 g/mol. The lowest BCUT2D eigenvalue weighted by atomic mass is 10.2. The van der Waals surface area contributed by atoms with Gasteiger partial charge in [0, 0.05) is 13.1 Å². The largest absolute Gasteiger partial charge is 0.495 e. The van der Waals surface area contributed by atoms with Crippen LogP contribution in [0.4, 0.5) is 16.5 Å². The van der Waals surface area contributed by atoms with Crippen LogP contribution < -0.4 is 20.3 Å². The fraction of sp³-hybridized carbons (Fsp3) is 0.300. The Morgan fingerprint density at radius 3 is 2.93 bits per heavy atom. The van der Waals surface area contributed by atoms with Crippen LogP contribution in [-0.2, 0) is 0 Å². The van der Waals surface area contributed by atoms with Crippen LogP contribution in [0.3, 0.4) is 0 Å². The third-order valence-corrected chi connectivity index (χ3v) is 4.76. The number of methoxy groups -OCH3 is 1. The summed E-state index contributed by atoms with van der Waals surface area (Å²) < 4.78 is 11.1. The summed E-state index contributed by atoms with van der Waals surface area (Å²) in [6, 6.07) is 15.6. The lowest BCUT2D eigenvalue weighted by molar-refractivity contribution is 0.251. The maximum absolute atomic E-state index is 12.3. The maximum atomic E-state index is 12.3. The second-order valence-corrected chi connectivity index (χ2v) is 6.49. The highest BCUT2D eigenvalue weighted by Gasteiger charge is 2.28. The van der Waals surface area contributed by atoms with Crippen LogP contribution in [0, 0.1) is 0 Å². The Balaban J connectivity index is 1.39. The number of fused-ring (bicyclic) bond motifs is 1. The molecule has 1 atom stereocenters. The number of anilines is 2. The Labute approximate surface area is 157 Å². The van der Waals surface area contributed by atoms with Crippen molar-refractivity contribution < 1.29 is 13.9 Å². The van der Waals surface area contributed by atoms with Gasteiger partial charge in [-0.15, -0.1) is 0 Å². The zero-order valence-corrected chi connectivity index (χ0v) is 15.1. The first-order chi connectivity index (χ1) is 13.2. The number of rotatable bonds is 5. The summed E-state index contributed by atoms with van der Waals surface area (Å²) in [6.45, 7) is 1.38. The van der Waals surface area contributed by atoms with E-state index in [1.807, 2.05) is 42.5 Å². The molecule has 1 aliphatic heterocycles. The lowest BCUT2D eigenvalue weighted by Crippen LogP contribution is -2.41. The highest BCUT2D eigenvalue weighted by molar-refractivity contribution is 5.90. The van der Waals surface area contributed by atoms with Crippen LogP contribution in [0.25, 0.3) is 11.1 Å². The third kappa shape index (κ3) is 3.67. The quantitative estimate of drug-likeness (QED) is 0.721. The van der Waals surface area contributed by atoms with Gasteiger partial charge in [0.15, 0.2) is 5.58 Å². The molecule has 2 heterocycles. The molecular weight excluding hydrogens is 344 g/mol. The first-order valence-corrected chi connectivity index (χ1v) is 9.04. The van der Waals surface area contributed by atoms with Crippen LogP contribution in [0.15, 0.2) is 52.9 Å². The van der Waals surface area contributed by atoms with Crippen LogP contribution in [-0.4, -0.2) is 37.3 Å². The fourth-order valence-corrected chi connectivity index (χ4v) is 3.41. The van der Waals surface area contributed by atoms with E-state index in [2.05, 4.69) is 20.5 Å². The van der Waals surface area contributed by atoms with Gasteiger partial charge in [0.2, 0.25) is 0 Å². The zero-order chi connectivity index (χ0) is 18.6. The number of carbonyl (C=O) groups excluding carboxylic acids is 1. The third-order valence-electron chi connectivity index (χ3n) is 4.76. The molecule has 7 nitrogen and oxygen atoms in total. The summed E-state index contributed by atoms with van der Waals surface area (Å²) in [5.74, 6) is 0.626. The molecule has 140 valence electrons. The number of urea groups is 1. The molecular formula is C20H22N4O3. The summed E-state index contributed by atoms with van der Waals surface area (Å²) in [6.07, 6.45) is 2.02. The van der Waals surface area contributed by atoms with Gasteiger partial charge in [-0.3, -0.25) is 0 Å². The zero-order valence-electron chi connectivity index (χ0n) is 15.1. The lowest BCUT2D eigenvalue weighted by Gasteiger charge is -2.23.